The Labute approximate surface area is 169 Å². The van der Waals surface area contributed by atoms with Crippen LogP contribution in [0.2, 0.25) is 0 Å². The molecule has 30 heavy (non-hydrogen) atoms. The molecular weight excluding hydrogens is 441 g/mol. The van der Waals surface area contributed by atoms with E-state index in [-0.39, 0.29) is 5.91 Å². The first kappa shape index (κ1) is 23.5. The van der Waals surface area contributed by atoms with Crippen molar-refractivity contribution in [3.05, 3.63) is 53.1 Å². The zero-order valence-electron chi connectivity index (χ0n) is 15.3. The van der Waals surface area contributed by atoms with Gasteiger partial charge in [0.05, 0.1) is 5.25 Å². The van der Waals surface area contributed by atoms with Crippen LogP contribution in [-0.2, 0) is 15.8 Å². The number of hydrogen-bond donors (Lipinski definition) is 2. The fraction of sp³-hybridized carbons (Fsp3) is 0.222. The molecule has 0 radical (unpaired) electrons. The first-order valence-corrected chi connectivity index (χ1v) is 8.99. The quantitative estimate of drug-likeness (QED) is 0.364. The lowest BCUT2D eigenvalue weighted by Gasteiger charge is -2.16. The maximum absolute atomic E-state index is 13.9. The number of rotatable bonds is 5. The number of hydrogen-bond acceptors (Lipinski definition) is 3. The number of halogens is 7. The highest BCUT2D eigenvalue weighted by Crippen LogP contribution is 2.38. The maximum Gasteiger partial charge on any atom is 0.422 e. The molecule has 2 aromatic carbocycles. The van der Waals surface area contributed by atoms with E-state index in [9.17, 15) is 40.3 Å². The monoisotopic (exact) mass is 454 g/mol. The van der Waals surface area contributed by atoms with Crippen molar-refractivity contribution in [1.82, 2.24) is 0 Å². The van der Waals surface area contributed by atoms with E-state index in [1.54, 1.807) is 5.32 Å². The van der Waals surface area contributed by atoms with Gasteiger partial charge in [0.2, 0.25) is 11.8 Å². The fourth-order valence-corrected chi connectivity index (χ4v) is 3.16. The van der Waals surface area contributed by atoms with Crippen LogP contribution in [0.5, 0.6) is 0 Å². The molecule has 0 fully saturated rings. The van der Waals surface area contributed by atoms with Crippen LogP contribution in [0.25, 0.3) is 0 Å². The van der Waals surface area contributed by atoms with Gasteiger partial charge in [0.1, 0.15) is 11.3 Å². The van der Waals surface area contributed by atoms with Crippen LogP contribution in [0, 0.1) is 23.3 Å². The summed E-state index contributed by atoms with van der Waals surface area (Å²) >= 11 is 0.889. The van der Waals surface area contributed by atoms with Crippen molar-refractivity contribution in [3.8, 4) is 0 Å². The van der Waals surface area contributed by atoms with E-state index < -0.39 is 51.9 Å². The van der Waals surface area contributed by atoms with Crippen molar-refractivity contribution in [2.45, 2.75) is 30.2 Å². The predicted molar refractivity (Wildman–Crippen MR) is 96.0 cm³/mol. The molecule has 0 saturated carbocycles. The third kappa shape index (κ3) is 5.23. The normalized spacial score (nSPS) is 12.4. The molecule has 2 amide bonds. The van der Waals surface area contributed by atoms with Gasteiger partial charge in [0.15, 0.2) is 23.3 Å². The van der Waals surface area contributed by atoms with Gasteiger partial charge in [-0.05, 0) is 31.2 Å². The summed E-state index contributed by atoms with van der Waals surface area (Å²) in [4.78, 5) is 23.6. The number of alkyl halides is 3. The molecule has 4 nitrogen and oxygen atoms in total. The van der Waals surface area contributed by atoms with Crippen LogP contribution in [0.1, 0.15) is 19.4 Å². The zero-order chi connectivity index (χ0) is 22.8. The average Bonchev–Trinajstić information content (AvgIpc) is 2.63. The highest BCUT2D eigenvalue weighted by molar-refractivity contribution is 8.00. The summed E-state index contributed by atoms with van der Waals surface area (Å²) < 4.78 is 92.9. The molecule has 162 valence electrons. The van der Waals surface area contributed by atoms with Gasteiger partial charge in [0, 0.05) is 17.5 Å². The minimum absolute atomic E-state index is 0.303. The van der Waals surface area contributed by atoms with E-state index in [0.717, 1.165) is 11.8 Å². The molecule has 1 unspecified atom stereocenters. The first-order valence-electron chi connectivity index (χ1n) is 8.11. The number of carbonyl (C=O) groups is 2. The van der Waals surface area contributed by atoms with Gasteiger partial charge in [-0.1, -0.05) is 0 Å². The number of benzene rings is 2. The van der Waals surface area contributed by atoms with Gasteiger partial charge in [0.25, 0.3) is 0 Å². The van der Waals surface area contributed by atoms with E-state index in [4.69, 9.17) is 0 Å². The largest absolute Gasteiger partial charge is 0.422 e. The lowest BCUT2D eigenvalue weighted by molar-refractivity contribution is -0.143. The number of thioether (sulfide) groups is 1. The molecule has 0 bridgehead atoms. The molecule has 12 heteroatoms. The van der Waals surface area contributed by atoms with E-state index in [1.165, 1.54) is 38.1 Å². The molecular formula is C18H13F7N2O2S. The summed E-state index contributed by atoms with van der Waals surface area (Å²) in [5.41, 5.74) is -3.91. The standard InChI is InChI=1S/C18H13F7N2O2S/c1-7(30-10-5-3-9(4-6-10)26-8(2)28)17(29)27-16-14(21)12(19)11(18(23,24)25)13(20)15(16)22/h3-7H,1-2H3,(H,26,28)(H,27,29). The lowest BCUT2D eigenvalue weighted by Crippen LogP contribution is -2.25. The van der Waals surface area contributed by atoms with Crippen LogP contribution < -0.4 is 10.6 Å². The van der Waals surface area contributed by atoms with E-state index >= 15 is 0 Å². The van der Waals surface area contributed by atoms with Gasteiger partial charge in [-0.15, -0.1) is 11.8 Å². The van der Waals surface area contributed by atoms with Crippen molar-refractivity contribution in [2.75, 3.05) is 10.6 Å². The summed E-state index contributed by atoms with van der Waals surface area (Å²) in [5, 5.41) is 3.05. The summed E-state index contributed by atoms with van der Waals surface area (Å²) in [7, 11) is 0. The van der Waals surface area contributed by atoms with E-state index in [1.807, 2.05) is 0 Å². The van der Waals surface area contributed by atoms with Crippen LogP contribution in [0.4, 0.5) is 42.1 Å². The second-order valence-corrected chi connectivity index (χ2v) is 7.37. The minimum atomic E-state index is -5.68. The van der Waals surface area contributed by atoms with Crippen LogP contribution >= 0.6 is 11.8 Å². The Kier molecular flexibility index (Phi) is 7.01. The molecule has 0 aliphatic rings. The van der Waals surface area contributed by atoms with Gasteiger partial charge < -0.3 is 10.6 Å². The van der Waals surface area contributed by atoms with Gasteiger partial charge in [-0.2, -0.15) is 13.2 Å². The first-order chi connectivity index (χ1) is 13.8. The molecule has 0 aromatic heterocycles. The number of carbonyl (C=O) groups excluding carboxylic acids is 2. The van der Waals surface area contributed by atoms with Crippen LogP contribution in [-0.4, -0.2) is 17.1 Å². The third-order valence-electron chi connectivity index (χ3n) is 3.65. The maximum atomic E-state index is 13.9. The Bertz CT molecular complexity index is 949. The highest BCUT2D eigenvalue weighted by atomic mass is 32.2. The molecule has 0 aliphatic carbocycles. The van der Waals surface area contributed by atoms with Crippen molar-refractivity contribution in [2.24, 2.45) is 0 Å². The summed E-state index contributed by atoms with van der Waals surface area (Å²) in [6.07, 6.45) is -5.68. The molecule has 2 rings (SSSR count). The Balaban J connectivity index is 2.20. The van der Waals surface area contributed by atoms with E-state index in [0.29, 0.717) is 10.6 Å². The predicted octanol–water partition coefficient (Wildman–Crippen LogP) is 5.34. The van der Waals surface area contributed by atoms with Crippen LogP contribution in [0.3, 0.4) is 0 Å². The second kappa shape index (κ2) is 8.94. The summed E-state index contributed by atoms with van der Waals surface area (Å²) in [6.45, 7) is 2.61. The third-order valence-corrected chi connectivity index (χ3v) is 4.76. The molecule has 1 atom stereocenters. The molecule has 0 heterocycles. The van der Waals surface area contributed by atoms with Crippen molar-refractivity contribution >= 4 is 35.0 Å². The summed E-state index contributed by atoms with van der Waals surface area (Å²) in [6, 6.07) is 6.10. The Morgan fingerprint density at radius 2 is 1.40 bits per heavy atom. The highest BCUT2D eigenvalue weighted by Gasteiger charge is 2.42. The van der Waals surface area contributed by atoms with Crippen LogP contribution in [0.15, 0.2) is 29.2 Å². The summed E-state index contributed by atoms with van der Waals surface area (Å²) in [5.74, 6) is -11.5. The fourth-order valence-electron chi connectivity index (χ4n) is 2.29. The van der Waals surface area contributed by atoms with Crippen molar-refractivity contribution < 1.29 is 40.3 Å². The second-order valence-electron chi connectivity index (χ2n) is 5.96. The van der Waals surface area contributed by atoms with Gasteiger partial charge in [-0.3, -0.25) is 9.59 Å². The Morgan fingerprint density at radius 1 is 0.900 bits per heavy atom. The topological polar surface area (TPSA) is 58.2 Å². The Morgan fingerprint density at radius 3 is 1.83 bits per heavy atom. The minimum Gasteiger partial charge on any atom is -0.326 e. The van der Waals surface area contributed by atoms with Crippen molar-refractivity contribution in [3.63, 3.8) is 0 Å². The van der Waals surface area contributed by atoms with Gasteiger partial charge in [-0.25, -0.2) is 17.6 Å². The smallest absolute Gasteiger partial charge is 0.326 e. The molecule has 0 spiro atoms. The van der Waals surface area contributed by atoms with Crippen molar-refractivity contribution in [1.29, 1.82) is 0 Å². The number of anilines is 2. The SMILES string of the molecule is CC(=O)Nc1ccc(SC(C)C(=O)Nc2c(F)c(F)c(C(F)(F)F)c(F)c2F)cc1. The molecule has 2 aromatic rings. The lowest BCUT2D eigenvalue weighted by atomic mass is 10.1. The molecule has 0 saturated heterocycles. The Hall–Kier alpha value is -2.76. The zero-order valence-corrected chi connectivity index (χ0v) is 16.1. The van der Waals surface area contributed by atoms with Gasteiger partial charge >= 0.3 is 6.18 Å². The molecule has 2 N–H and O–H groups in total. The van der Waals surface area contributed by atoms with E-state index in [2.05, 4.69) is 5.32 Å². The molecule has 0 aliphatic heterocycles. The average molecular weight is 454 g/mol. The number of amides is 2. The number of nitrogens with one attached hydrogen (secondary N) is 2.